The summed E-state index contributed by atoms with van der Waals surface area (Å²) in [6.07, 6.45) is 0.328. The third kappa shape index (κ3) is 3.50. The van der Waals surface area contributed by atoms with Crippen molar-refractivity contribution in [1.82, 2.24) is 10.6 Å². The van der Waals surface area contributed by atoms with Crippen molar-refractivity contribution in [3.8, 4) is 6.07 Å². The van der Waals surface area contributed by atoms with Gasteiger partial charge in [0.15, 0.2) is 0 Å². The molecule has 2 atom stereocenters. The highest BCUT2D eigenvalue weighted by atomic mass is 35.5. The zero-order valence-electron chi connectivity index (χ0n) is 7.82. The van der Waals surface area contributed by atoms with Gasteiger partial charge >= 0.3 is 0 Å². The summed E-state index contributed by atoms with van der Waals surface area (Å²) in [6, 6.07) is 2.10. The van der Waals surface area contributed by atoms with Gasteiger partial charge in [0.05, 0.1) is 18.0 Å². The second-order valence-electron chi connectivity index (χ2n) is 3.11. The second kappa shape index (κ2) is 6.60. The van der Waals surface area contributed by atoms with E-state index in [2.05, 4.69) is 16.7 Å². The van der Waals surface area contributed by atoms with Crippen LogP contribution >= 0.6 is 12.4 Å². The van der Waals surface area contributed by atoms with Crippen LogP contribution < -0.4 is 16.4 Å². The maximum atomic E-state index is 11.1. The minimum absolute atomic E-state index is 0. The maximum Gasteiger partial charge on any atom is 0.221 e. The van der Waals surface area contributed by atoms with Crippen molar-refractivity contribution in [2.24, 2.45) is 11.7 Å². The minimum atomic E-state index is -0.110. The van der Waals surface area contributed by atoms with Crippen LogP contribution in [0.15, 0.2) is 0 Å². The molecule has 1 aliphatic heterocycles. The van der Waals surface area contributed by atoms with Gasteiger partial charge in [-0.25, -0.2) is 0 Å². The highest BCUT2D eigenvalue weighted by Crippen LogP contribution is 2.07. The summed E-state index contributed by atoms with van der Waals surface area (Å²) in [4.78, 5) is 11.1. The third-order valence-electron chi connectivity index (χ3n) is 2.10. The molecule has 1 heterocycles. The topological polar surface area (TPSA) is 90.9 Å². The highest BCUT2D eigenvalue weighted by Gasteiger charge is 2.27. The van der Waals surface area contributed by atoms with E-state index in [-0.39, 0.29) is 30.3 Å². The lowest BCUT2D eigenvalue weighted by Crippen LogP contribution is -2.40. The molecule has 0 aromatic carbocycles. The van der Waals surface area contributed by atoms with E-state index in [0.29, 0.717) is 26.1 Å². The van der Waals surface area contributed by atoms with Crippen LogP contribution in [-0.4, -0.2) is 31.6 Å². The number of halogens is 1. The summed E-state index contributed by atoms with van der Waals surface area (Å²) < 4.78 is 0. The lowest BCUT2D eigenvalue weighted by Gasteiger charge is -2.13. The fourth-order valence-electron chi connectivity index (χ4n) is 1.38. The van der Waals surface area contributed by atoms with Gasteiger partial charge in [-0.15, -0.1) is 12.4 Å². The van der Waals surface area contributed by atoms with Crippen molar-refractivity contribution in [3.63, 3.8) is 0 Å². The number of hydrogen-bond acceptors (Lipinski definition) is 4. The predicted molar refractivity (Wildman–Crippen MR) is 54.8 cm³/mol. The Hall–Kier alpha value is -0.830. The molecule has 0 saturated carbocycles. The van der Waals surface area contributed by atoms with Crippen molar-refractivity contribution in [2.45, 2.75) is 12.5 Å². The first kappa shape index (κ1) is 13.2. The van der Waals surface area contributed by atoms with E-state index in [1.54, 1.807) is 0 Å². The summed E-state index contributed by atoms with van der Waals surface area (Å²) >= 11 is 0. The fourth-order valence-corrected chi connectivity index (χ4v) is 1.38. The van der Waals surface area contributed by atoms with Crippen LogP contribution in [0, 0.1) is 17.2 Å². The van der Waals surface area contributed by atoms with Gasteiger partial charge in [0, 0.05) is 26.1 Å². The number of nitrogens with two attached hydrogens (primary N) is 1. The van der Waals surface area contributed by atoms with Crippen LogP contribution in [0.4, 0.5) is 0 Å². The Kier molecular flexibility index (Phi) is 6.21. The Labute approximate surface area is 89.4 Å². The summed E-state index contributed by atoms with van der Waals surface area (Å²) in [6.45, 7) is 1.68. The predicted octanol–water partition coefficient (Wildman–Crippen LogP) is -1.02. The SMILES string of the molecule is Cl.N#CC1CNCC1NC(=O)CCN. The van der Waals surface area contributed by atoms with Crippen LogP contribution in [0.1, 0.15) is 6.42 Å². The summed E-state index contributed by atoms with van der Waals surface area (Å²) in [7, 11) is 0. The van der Waals surface area contributed by atoms with E-state index in [1.165, 1.54) is 0 Å². The summed E-state index contributed by atoms with van der Waals surface area (Å²) in [5, 5.41) is 14.5. The molecule has 0 spiro atoms. The number of nitrogens with zero attached hydrogens (tertiary/aromatic N) is 1. The van der Waals surface area contributed by atoms with Gasteiger partial charge in [-0.1, -0.05) is 0 Å². The molecule has 80 valence electrons. The minimum Gasteiger partial charge on any atom is -0.351 e. The third-order valence-corrected chi connectivity index (χ3v) is 2.10. The van der Waals surface area contributed by atoms with Gasteiger partial charge in [0.2, 0.25) is 5.91 Å². The summed E-state index contributed by atoms with van der Waals surface area (Å²) in [5.74, 6) is -0.182. The van der Waals surface area contributed by atoms with E-state index >= 15 is 0 Å². The van der Waals surface area contributed by atoms with E-state index < -0.39 is 0 Å². The Morgan fingerprint density at radius 1 is 1.64 bits per heavy atom. The van der Waals surface area contributed by atoms with Gasteiger partial charge in [0.1, 0.15) is 0 Å². The smallest absolute Gasteiger partial charge is 0.221 e. The Morgan fingerprint density at radius 3 is 2.93 bits per heavy atom. The lowest BCUT2D eigenvalue weighted by atomic mass is 10.1. The first-order valence-electron chi connectivity index (χ1n) is 4.37. The molecule has 0 aliphatic carbocycles. The van der Waals surface area contributed by atoms with Gasteiger partial charge < -0.3 is 16.4 Å². The molecule has 0 aromatic heterocycles. The monoisotopic (exact) mass is 218 g/mol. The molecule has 6 heteroatoms. The fraction of sp³-hybridized carbons (Fsp3) is 0.750. The van der Waals surface area contributed by atoms with Crippen LogP contribution in [-0.2, 0) is 4.79 Å². The van der Waals surface area contributed by atoms with E-state index in [9.17, 15) is 4.79 Å². The molecular formula is C8H15ClN4O. The molecule has 1 rings (SSSR count). The number of nitrogens with one attached hydrogen (secondary N) is 2. The molecular weight excluding hydrogens is 204 g/mol. The zero-order valence-corrected chi connectivity index (χ0v) is 8.64. The zero-order chi connectivity index (χ0) is 9.68. The van der Waals surface area contributed by atoms with Crippen LogP contribution in [0.2, 0.25) is 0 Å². The number of carbonyl (C=O) groups is 1. The maximum absolute atomic E-state index is 11.1. The molecule has 1 amide bonds. The van der Waals surface area contributed by atoms with Gasteiger partial charge in [-0.3, -0.25) is 4.79 Å². The molecule has 0 aromatic rings. The number of hydrogen-bond donors (Lipinski definition) is 3. The van der Waals surface area contributed by atoms with Gasteiger partial charge in [0.25, 0.3) is 0 Å². The normalized spacial score (nSPS) is 24.9. The van der Waals surface area contributed by atoms with E-state index in [4.69, 9.17) is 11.0 Å². The molecule has 0 bridgehead atoms. The first-order valence-corrected chi connectivity index (χ1v) is 4.37. The molecule has 4 N–H and O–H groups in total. The quantitative estimate of drug-likeness (QED) is 0.566. The standard InChI is InChI=1S/C8H14N4O.ClH/c9-2-1-8(13)12-7-5-11-4-6(7)3-10;/h6-7,11H,1-2,4-5,9H2,(H,12,13);1H. The first-order chi connectivity index (χ1) is 6.27. The number of amides is 1. The number of rotatable bonds is 3. The lowest BCUT2D eigenvalue weighted by molar-refractivity contribution is -0.121. The van der Waals surface area contributed by atoms with E-state index in [0.717, 1.165) is 0 Å². The number of nitriles is 1. The Bertz CT molecular complexity index is 228. The van der Waals surface area contributed by atoms with Gasteiger partial charge in [-0.05, 0) is 0 Å². The average molecular weight is 219 g/mol. The van der Waals surface area contributed by atoms with Crippen molar-refractivity contribution < 1.29 is 4.79 Å². The molecule has 14 heavy (non-hydrogen) atoms. The Balaban J connectivity index is 0.00000169. The molecule has 0 radical (unpaired) electrons. The molecule has 1 saturated heterocycles. The van der Waals surface area contributed by atoms with Crippen LogP contribution in [0.25, 0.3) is 0 Å². The van der Waals surface area contributed by atoms with Crippen molar-refractivity contribution in [2.75, 3.05) is 19.6 Å². The van der Waals surface area contributed by atoms with E-state index in [1.807, 2.05) is 0 Å². The molecule has 1 aliphatic rings. The van der Waals surface area contributed by atoms with Crippen LogP contribution in [0.5, 0.6) is 0 Å². The van der Waals surface area contributed by atoms with Crippen molar-refractivity contribution >= 4 is 18.3 Å². The molecule has 1 fully saturated rings. The van der Waals surface area contributed by atoms with Gasteiger partial charge in [-0.2, -0.15) is 5.26 Å². The largest absolute Gasteiger partial charge is 0.351 e. The molecule has 5 nitrogen and oxygen atoms in total. The second-order valence-corrected chi connectivity index (χ2v) is 3.11. The highest BCUT2D eigenvalue weighted by molar-refractivity contribution is 5.85. The number of carbonyl (C=O) groups excluding carboxylic acids is 1. The van der Waals surface area contributed by atoms with Crippen molar-refractivity contribution in [1.29, 1.82) is 5.26 Å². The molecule has 2 unspecified atom stereocenters. The summed E-state index contributed by atoms with van der Waals surface area (Å²) in [5.41, 5.74) is 5.23. The Morgan fingerprint density at radius 2 is 2.36 bits per heavy atom. The van der Waals surface area contributed by atoms with Crippen molar-refractivity contribution in [3.05, 3.63) is 0 Å². The van der Waals surface area contributed by atoms with Crippen LogP contribution in [0.3, 0.4) is 0 Å². The average Bonchev–Trinajstić information content (AvgIpc) is 2.52.